The molecule has 1 amide bonds. The van der Waals surface area contributed by atoms with E-state index in [1.54, 1.807) is 19.9 Å². The molecule has 3 nitrogen and oxygen atoms in total. The lowest BCUT2D eigenvalue weighted by Crippen LogP contribution is -2.36. The molecule has 0 saturated heterocycles. The van der Waals surface area contributed by atoms with Crippen molar-refractivity contribution in [1.29, 1.82) is 0 Å². The molecule has 0 aliphatic carbocycles. The predicted molar refractivity (Wildman–Crippen MR) is 65.6 cm³/mol. The summed E-state index contributed by atoms with van der Waals surface area (Å²) in [7, 11) is 0. The van der Waals surface area contributed by atoms with Gasteiger partial charge in [-0.25, -0.2) is 4.39 Å². The highest BCUT2D eigenvalue weighted by Gasteiger charge is 2.17. The van der Waals surface area contributed by atoms with Crippen molar-refractivity contribution in [2.45, 2.75) is 25.8 Å². The first kappa shape index (κ1) is 13.1. The first-order valence-corrected chi connectivity index (χ1v) is 5.61. The molecule has 0 heterocycles. The lowest BCUT2D eigenvalue weighted by atomic mass is 10.0. The van der Waals surface area contributed by atoms with Crippen LogP contribution in [0.5, 0.6) is 0 Å². The fraction of sp³-hybridized carbons (Fsp3) is 0.364. The van der Waals surface area contributed by atoms with E-state index in [-0.39, 0.29) is 12.3 Å². The van der Waals surface area contributed by atoms with Crippen LogP contribution in [0, 0.1) is 5.82 Å². The highest BCUT2D eigenvalue weighted by atomic mass is 79.9. The van der Waals surface area contributed by atoms with Crippen LogP contribution in [0.3, 0.4) is 0 Å². The molecule has 3 N–H and O–H groups in total. The zero-order valence-corrected chi connectivity index (χ0v) is 10.8. The fourth-order valence-corrected chi connectivity index (χ4v) is 1.55. The monoisotopic (exact) mass is 288 g/mol. The first-order valence-electron chi connectivity index (χ1n) is 4.82. The van der Waals surface area contributed by atoms with E-state index in [1.165, 1.54) is 12.1 Å². The number of nitrogens with one attached hydrogen (secondary N) is 1. The summed E-state index contributed by atoms with van der Waals surface area (Å²) in [5.74, 6) is -0.635. The van der Waals surface area contributed by atoms with Crippen molar-refractivity contribution < 1.29 is 9.18 Å². The van der Waals surface area contributed by atoms with Crippen LogP contribution in [0.15, 0.2) is 22.7 Å². The number of rotatable bonds is 3. The molecule has 0 radical (unpaired) electrons. The quantitative estimate of drug-likeness (QED) is 0.898. The number of benzene rings is 1. The first-order chi connectivity index (χ1) is 7.28. The minimum atomic E-state index is -0.579. The normalized spacial score (nSPS) is 11.3. The highest BCUT2D eigenvalue weighted by Crippen LogP contribution is 2.23. The van der Waals surface area contributed by atoms with Crippen LogP contribution in [0.4, 0.5) is 10.1 Å². The number of hydrogen-bond donors (Lipinski definition) is 2. The second kappa shape index (κ2) is 4.93. The number of halogens is 2. The van der Waals surface area contributed by atoms with Gasteiger partial charge in [-0.05, 0) is 48.0 Å². The molecule has 0 atom stereocenters. The van der Waals surface area contributed by atoms with E-state index in [0.29, 0.717) is 10.2 Å². The van der Waals surface area contributed by atoms with E-state index in [4.69, 9.17) is 5.73 Å². The Kier molecular flexibility index (Phi) is 4.04. The fourth-order valence-electron chi connectivity index (χ4n) is 1.20. The van der Waals surface area contributed by atoms with Crippen molar-refractivity contribution in [3.05, 3.63) is 28.5 Å². The van der Waals surface area contributed by atoms with Gasteiger partial charge in [-0.3, -0.25) is 4.79 Å². The van der Waals surface area contributed by atoms with Gasteiger partial charge in [0.05, 0.1) is 5.69 Å². The van der Waals surface area contributed by atoms with Gasteiger partial charge in [-0.1, -0.05) is 0 Å². The summed E-state index contributed by atoms with van der Waals surface area (Å²) in [6.45, 7) is 3.51. The van der Waals surface area contributed by atoms with E-state index in [0.717, 1.165) is 0 Å². The van der Waals surface area contributed by atoms with Crippen molar-refractivity contribution in [3.63, 3.8) is 0 Å². The topological polar surface area (TPSA) is 55.1 Å². The number of carbonyl (C=O) groups excluding carboxylic acids is 1. The van der Waals surface area contributed by atoms with Crippen LogP contribution >= 0.6 is 15.9 Å². The number of nitrogens with two attached hydrogens (primary N) is 1. The van der Waals surface area contributed by atoms with Crippen LogP contribution in [0.25, 0.3) is 0 Å². The third-order valence-corrected chi connectivity index (χ3v) is 2.51. The Balaban J connectivity index is 2.73. The third kappa shape index (κ3) is 4.28. The SMILES string of the molecule is CC(C)(N)CC(=O)Nc1cc(F)ccc1Br. The van der Waals surface area contributed by atoms with Crippen molar-refractivity contribution >= 4 is 27.5 Å². The summed E-state index contributed by atoms with van der Waals surface area (Å²) < 4.78 is 13.6. The highest BCUT2D eigenvalue weighted by molar-refractivity contribution is 9.10. The molecule has 88 valence electrons. The molecule has 5 heteroatoms. The molecule has 1 rings (SSSR count). The maximum Gasteiger partial charge on any atom is 0.226 e. The van der Waals surface area contributed by atoms with Gasteiger partial charge in [-0.15, -0.1) is 0 Å². The zero-order valence-electron chi connectivity index (χ0n) is 9.18. The zero-order chi connectivity index (χ0) is 12.3. The van der Waals surface area contributed by atoms with E-state index < -0.39 is 11.4 Å². The molecule has 0 bridgehead atoms. The number of carbonyl (C=O) groups is 1. The lowest BCUT2D eigenvalue weighted by molar-refractivity contribution is -0.117. The van der Waals surface area contributed by atoms with Crippen LogP contribution in [-0.2, 0) is 4.79 Å². The van der Waals surface area contributed by atoms with Crippen molar-refractivity contribution in [2.75, 3.05) is 5.32 Å². The van der Waals surface area contributed by atoms with Crippen LogP contribution in [0.1, 0.15) is 20.3 Å². The van der Waals surface area contributed by atoms with E-state index in [9.17, 15) is 9.18 Å². The molecule has 0 aliphatic rings. The predicted octanol–water partition coefficient (Wildman–Crippen LogP) is 2.65. The van der Waals surface area contributed by atoms with Crippen LogP contribution < -0.4 is 11.1 Å². The van der Waals surface area contributed by atoms with Crippen LogP contribution in [0.2, 0.25) is 0 Å². The molecular formula is C11H14BrFN2O. The van der Waals surface area contributed by atoms with Gasteiger partial charge >= 0.3 is 0 Å². The average Bonchev–Trinajstić information content (AvgIpc) is 2.08. The van der Waals surface area contributed by atoms with E-state index in [2.05, 4.69) is 21.2 Å². The summed E-state index contributed by atoms with van der Waals surface area (Å²) in [6.07, 6.45) is 0.177. The van der Waals surface area contributed by atoms with Crippen molar-refractivity contribution in [3.8, 4) is 0 Å². The summed E-state index contributed by atoms with van der Waals surface area (Å²) in [5.41, 5.74) is 5.54. The lowest BCUT2D eigenvalue weighted by Gasteiger charge is -2.17. The maximum absolute atomic E-state index is 12.9. The van der Waals surface area contributed by atoms with E-state index in [1.807, 2.05) is 0 Å². The van der Waals surface area contributed by atoms with Crippen molar-refractivity contribution in [2.24, 2.45) is 5.73 Å². The Morgan fingerprint density at radius 2 is 2.19 bits per heavy atom. The molecule has 0 aliphatic heterocycles. The van der Waals surface area contributed by atoms with Gasteiger partial charge < -0.3 is 11.1 Å². The molecule has 0 saturated carbocycles. The minimum Gasteiger partial charge on any atom is -0.325 e. The molecule has 16 heavy (non-hydrogen) atoms. The molecular weight excluding hydrogens is 275 g/mol. The molecule has 0 spiro atoms. The molecule has 1 aromatic carbocycles. The Morgan fingerprint density at radius 1 is 1.56 bits per heavy atom. The minimum absolute atomic E-state index is 0.177. The summed E-state index contributed by atoms with van der Waals surface area (Å²) in [6, 6.07) is 4.11. The summed E-state index contributed by atoms with van der Waals surface area (Å²) in [4.78, 5) is 11.6. The summed E-state index contributed by atoms with van der Waals surface area (Å²) in [5, 5.41) is 2.60. The number of hydrogen-bond acceptors (Lipinski definition) is 2. The van der Waals surface area contributed by atoms with Gasteiger partial charge in [0.15, 0.2) is 0 Å². The van der Waals surface area contributed by atoms with E-state index >= 15 is 0 Å². The van der Waals surface area contributed by atoms with Gasteiger partial charge in [0, 0.05) is 16.4 Å². The molecule has 0 aromatic heterocycles. The smallest absolute Gasteiger partial charge is 0.226 e. The Hall–Kier alpha value is -0.940. The van der Waals surface area contributed by atoms with Gasteiger partial charge in [0.2, 0.25) is 5.91 Å². The van der Waals surface area contributed by atoms with Crippen LogP contribution in [-0.4, -0.2) is 11.4 Å². The van der Waals surface area contributed by atoms with Gasteiger partial charge in [0.25, 0.3) is 0 Å². The maximum atomic E-state index is 12.9. The molecule has 0 unspecified atom stereocenters. The average molecular weight is 289 g/mol. The molecule has 0 fully saturated rings. The summed E-state index contributed by atoms with van der Waals surface area (Å²) >= 11 is 3.23. The Bertz CT molecular complexity index is 401. The van der Waals surface area contributed by atoms with Crippen molar-refractivity contribution in [1.82, 2.24) is 0 Å². The Morgan fingerprint density at radius 3 is 2.75 bits per heavy atom. The van der Waals surface area contributed by atoms with Gasteiger partial charge in [-0.2, -0.15) is 0 Å². The number of anilines is 1. The molecule has 1 aromatic rings. The number of amides is 1. The third-order valence-electron chi connectivity index (χ3n) is 1.82. The largest absolute Gasteiger partial charge is 0.325 e. The van der Waals surface area contributed by atoms with Gasteiger partial charge in [0.1, 0.15) is 5.82 Å². The Labute approximate surface area is 102 Å². The second-order valence-corrected chi connectivity index (χ2v) is 5.19. The second-order valence-electron chi connectivity index (χ2n) is 4.34. The standard InChI is InChI=1S/C11H14BrFN2O/c1-11(2,14)6-10(16)15-9-5-7(13)3-4-8(9)12/h3-5H,6,14H2,1-2H3,(H,15,16).